The van der Waals surface area contributed by atoms with E-state index in [1.807, 2.05) is 13.0 Å². The van der Waals surface area contributed by atoms with E-state index in [2.05, 4.69) is 24.1 Å². The molecule has 24 heavy (non-hydrogen) atoms. The second-order valence-corrected chi connectivity index (χ2v) is 7.10. The number of aryl methyl sites for hydroxylation is 1. The smallest absolute Gasteiger partial charge is 0.270 e. The summed E-state index contributed by atoms with van der Waals surface area (Å²) in [6, 6.07) is 4.87. The fourth-order valence-corrected chi connectivity index (χ4v) is 3.22. The van der Waals surface area contributed by atoms with Crippen LogP contribution >= 0.6 is 0 Å². The lowest BCUT2D eigenvalue weighted by atomic mass is 9.74. The number of carbonyl (C=O) groups excluding carboxylic acids is 2. The number of nitrogens with one attached hydrogen (secondary N) is 1. The van der Waals surface area contributed by atoms with Gasteiger partial charge in [-0.05, 0) is 37.0 Å². The van der Waals surface area contributed by atoms with Crippen molar-refractivity contribution in [1.29, 1.82) is 0 Å². The maximum absolute atomic E-state index is 12.5. The first-order chi connectivity index (χ1) is 11.2. The molecule has 6 heteroatoms. The molecule has 2 aromatic rings. The van der Waals surface area contributed by atoms with Crippen LogP contribution in [0, 0.1) is 12.3 Å². The first kappa shape index (κ1) is 16.2. The molecule has 0 unspecified atom stereocenters. The topological polar surface area (TPSA) is 98.2 Å². The van der Waals surface area contributed by atoms with Crippen LogP contribution in [0.1, 0.15) is 64.2 Å². The first-order valence-electron chi connectivity index (χ1n) is 7.91. The average molecular weight is 327 g/mol. The number of nitrogens with two attached hydrogens (primary N) is 1. The van der Waals surface area contributed by atoms with Crippen LogP contribution in [0.15, 0.2) is 28.8 Å². The molecule has 2 amide bonds. The van der Waals surface area contributed by atoms with E-state index in [9.17, 15) is 9.59 Å². The van der Waals surface area contributed by atoms with E-state index in [-0.39, 0.29) is 28.6 Å². The van der Waals surface area contributed by atoms with Crippen molar-refractivity contribution in [3.8, 4) is 0 Å². The number of carbonyl (C=O) groups is 2. The minimum atomic E-state index is -0.568. The number of hydrogen-bond donors (Lipinski definition) is 2. The minimum absolute atomic E-state index is 0.0402. The minimum Gasteiger partial charge on any atom is -0.466 e. The zero-order chi connectivity index (χ0) is 17.5. The second kappa shape index (κ2) is 5.78. The molecule has 2 aromatic heterocycles. The Labute approximate surface area is 140 Å². The molecule has 3 N–H and O–H groups in total. The maximum atomic E-state index is 12.5. The monoisotopic (exact) mass is 327 g/mol. The molecule has 3 rings (SSSR count). The highest BCUT2D eigenvalue weighted by Crippen LogP contribution is 2.42. The van der Waals surface area contributed by atoms with Crippen LogP contribution in [0.2, 0.25) is 0 Å². The number of pyridine rings is 1. The Morgan fingerprint density at radius 3 is 2.75 bits per heavy atom. The first-order valence-corrected chi connectivity index (χ1v) is 7.91. The molecule has 0 aromatic carbocycles. The number of nitrogens with zero attached hydrogens (tertiary/aromatic N) is 1. The van der Waals surface area contributed by atoms with Gasteiger partial charge in [0.15, 0.2) is 0 Å². The summed E-state index contributed by atoms with van der Waals surface area (Å²) in [5.74, 6) is 0.937. The van der Waals surface area contributed by atoms with Gasteiger partial charge in [0.05, 0.1) is 11.6 Å². The fraction of sp³-hybridized carbons (Fsp3) is 0.389. The highest BCUT2D eigenvalue weighted by atomic mass is 16.3. The lowest BCUT2D eigenvalue weighted by Crippen LogP contribution is -2.36. The molecule has 0 saturated heterocycles. The van der Waals surface area contributed by atoms with E-state index in [0.717, 1.165) is 29.9 Å². The Morgan fingerprint density at radius 2 is 2.12 bits per heavy atom. The zero-order valence-corrected chi connectivity index (χ0v) is 14.1. The van der Waals surface area contributed by atoms with Crippen molar-refractivity contribution in [1.82, 2.24) is 10.3 Å². The molecule has 1 aliphatic carbocycles. The van der Waals surface area contributed by atoms with Crippen LogP contribution in [-0.2, 0) is 6.42 Å². The van der Waals surface area contributed by atoms with E-state index < -0.39 is 5.91 Å². The van der Waals surface area contributed by atoms with Gasteiger partial charge < -0.3 is 15.5 Å². The summed E-state index contributed by atoms with van der Waals surface area (Å²) in [6.45, 7) is 6.23. The Bertz CT molecular complexity index is 790. The van der Waals surface area contributed by atoms with Gasteiger partial charge in [0.2, 0.25) is 5.91 Å². The molecular weight excluding hydrogens is 306 g/mol. The van der Waals surface area contributed by atoms with Crippen molar-refractivity contribution in [2.75, 3.05) is 0 Å². The highest BCUT2D eigenvalue weighted by Gasteiger charge is 2.35. The SMILES string of the molecule is Cc1cc2c(o1)CC(C)(C)C[C@H]2NC(=O)c1ccc(C(N)=O)cn1. The lowest BCUT2D eigenvalue weighted by Gasteiger charge is -2.34. The van der Waals surface area contributed by atoms with E-state index >= 15 is 0 Å². The molecule has 1 atom stereocenters. The van der Waals surface area contributed by atoms with Gasteiger partial charge in [0, 0.05) is 18.2 Å². The molecule has 0 aliphatic heterocycles. The highest BCUT2D eigenvalue weighted by molar-refractivity contribution is 5.95. The largest absolute Gasteiger partial charge is 0.466 e. The van der Waals surface area contributed by atoms with E-state index in [0.29, 0.717) is 0 Å². The number of furan rings is 1. The maximum Gasteiger partial charge on any atom is 0.270 e. The van der Waals surface area contributed by atoms with E-state index in [1.54, 1.807) is 0 Å². The van der Waals surface area contributed by atoms with Crippen LogP contribution < -0.4 is 11.1 Å². The van der Waals surface area contributed by atoms with Gasteiger partial charge in [-0.25, -0.2) is 0 Å². The zero-order valence-electron chi connectivity index (χ0n) is 14.1. The summed E-state index contributed by atoms with van der Waals surface area (Å²) in [4.78, 5) is 27.6. The molecule has 1 aliphatic rings. The fourth-order valence-electron chi connectivity index (χ4n) is 3.22. The predicted molar refractivity (Wildman–Crippen MR) is 88.5 cm³/mol. The third-order valence-corrected chi connectivity index (χ3v) is 4.32. The average Bonchev–Trinajstić information content (AvgIpc) is 2.86. The number of aromatic nitrogens is 1. The second-order valence-electron chi connectivity index (χ2n) is 7.10. The molecule has 0 fully saturated rings. The third kappa shape index (κ3) is 3.18. The molecule has 0 radical (unpaired) electrons. The van der Waals surface area contributed by atoms with Crippen LogP contribution in [0.3, 0.4) is 0 Å². The Morgan fingerprint density at radius 1 is 1.38 bits per heavy atom. The molecule has 0 saturated carbocycles. The van der Waals surface area contributed by atoms with Crippen LogP contribution in [-0.4, -0.2) is 16.8 Å². The van der Waals surface area contributed by atoms with Gasteiger partial charge in [-0.3, -0.25) is 14.6 Å². The number of rotatable bonds is 3. The van der Waals surface area contributed by atoms with Crippen molar-refractivity contribution in [3.05, 3.63) is 52.7 Å². The Hall–Kier alpha value is -2.63. The lowest BCUT2D eigenvalue weighted by molar-refractivity contribution is 0.0910. The van der Waals surface area contributed by atoms with Gasteiger partial charge in [-0.1, -0.05) is 13.8 Å². The molecule has 0 bridgehead atoms. The van der Waals surface area contributed by atoms with Crippen LogP contribution in [0.5, 0.6) is 0 Å². The van der Waals surface area contributed by atoms with Gasteiger partial charge >= 0.3 is 0 Å². The molecular formula is C18H21N3O3. The van der Waals surface area contributed by atoms with Crippen molar-refractivity contribution in [2.45, 2.75) is 39.7 Å². The Balaban J connectivity index is 1.82. The van der Waals surface area contributed by atoms with Crippen molar-refractivity contribution < 1.29 is 14.0 Å². The number of primary amides is 1. The van der Waals surface area contributed by atoms with Gasteiger partial charge in [-0.2, -0.15) is 0 Å². The molecule has 2 heterocycles. The van der Waals surface area contributed by atoms with Crippen molar-refractivity contribution >= 4 is 11.8 Å². The predicted octanol–water partition coefficient (Wildman–Crippen LogP) is 2.53. The van der Waals surface area contributed by atoms with Gasteiger partial charge in [0.1, 0.15) is 17.2 Å². The van der Waals surface area contributed by atoms with Gasteiger partial charge in [0.25, 0.3) is 5.91 Å². The van der Waals surface area contributed by atoms with Crippen LogP contribution in [0.4, 0.5) is 0 Å². The third-order valence-electron chi connectivity index (χ3n) is 4.32. The summed E-state index contributed by atoms with van der Waals surface area (Å²) in [7, 11) is 0. The standard InChI is InChI=1S/C18H21N3O3/c1-10-6-12-14(7-18(2,3)8-15(12)24-10)21-17(23)13-5-4-11(9-20-13)16(19)22/h4-6,9,14H,7-8H2,1-3H3,(H2,19,22)(H,21,23)/t14-/m1/s1. The quantitative estimate of drug-likeness (QED) is 0.905. The van der Waals surface area contributed by atoms with Crippen molar-refractivity contribution in [3.63, 3.8) is 0 Å². The van der Waals surface area contributed by atoms with Crippen molar-refractivity contribution in [2.24, 2.45) is 11.1 Å². The summed E-state index contributed by atoms with van der Waals surface area (Å²) < 4.78 is 5.78. The summed E-state index contributed by atoms with van der Waals surface area (Å²) in [6.07, 6.45) is 2.99. The summed E-state index contributed by atoms with van der Waals surface area (Å²) in [5, 5.41) is 3.03. The van der Waals surface area contributed by atoms with Crippen LogP contribution in [0.25, 0.3) is 0 Å². The van der Waals surface area contributed by atoms with E-state index in [4.69, 9.17) is 10.2 Å². The number of amides is 2. The van der Waals surface area contributed by atoms with E-state index in [1.165, 1.54) is 18.3 Å². The molecule has 6 nitrogen and oxygen atoms in total. The summed E-state index contributed by atoms with van der Waals surface area (Å²) in [5.41, 5.74) is 6.79. The molecule has 0 spiro atoms. The van der Waals surface area contributed by atoms with Gasteiger partial charge in [-0.15, -0.1) is 0 Å². The normalized spacial score (nSPS) is 18.7. The Kier molecular flexibility index (Phi) is 3.91. The number of fused-ring (bicyclic) bond motifs is 1. The summed E-state index contributed by atoms with van der Waals surface area (Å²) >= 11 is 0. The number of hydrogen-bond acceptors (Lipinski definition) is 4. The molecule has 126 valence electrons.